The van der Waals surface area contributed by atoms with Crippen LogP contribution in [0.3, 0.4) is 0 Å². The number of carbonyl (C=O) groups excluding carboxylic acids is 1. The summed E-state index contributed by atoms with van der Waals surface area (Å²) in [6.07, 6.45) is 11.4. The van der Waals surface area contributed by atoms with Gasteiger partial charge in [-0.15, -0.1) is 6.58 Å². The third-order valence-electron chi connectivity index (χ3n) is 4.04. The number of benzene rings is 1. The van der Waals surface area contributed by atoms with Crippen LogP contribution in [0.15, 0.2) is 30.9 Å². The second kappa shape index (κ2) is 12.5. The van der Waals surface area contributed by atoms with Gasteiger partial charge in [0.1, 0.15) is 0 Å². The topological polar surface area (TPSA) is 58.6 Å². The van der Waals surface area contributed by atoms with E-state index >= 15 is 0 Å². The lowest BCUT2D eigenvalue weighted by molar-refractivity contribution is -0.121. The number of hydrogen-bond donors (Lipinski definition) is 2. The molecule has 4 nitrogen and oxygen atoms in total. The molecular weight excluding hydrogens is 302 g/mol. The van der Waals surface area contributed by atoms with E-state index in [0.717, 1.165) is 31.2 Å². The molecule has 0 radical (unpaired) electrons. The summed E-state index contributed by atoms with van der Waals surface area (Å²) >= 11 is 0. The zero-order chi connectivity index (χ0) is 17.6. The van der Waals surface area contributed by atoms with Crippen molar-refractivity contribution >= 4 is 5.91 Å². The highest BCUT2D eigenvalue weighted by atomic mass is 16.5. The standard InChI is InChI=1S/C20H31NO3/c1-3-4-5-6-7-8-9-10-11-20(23)21-15-14-17-12-13-18(22)19(16-17)24-2/h3,12-13,16,22H,1,4-11,14-15H2,2H3,(H,21,23). The van der Waals surface area contributed by atoms with E-state index in [1.54, 1.807) is 12.1 Å². The number of amides is 1. The highest BCUT2D eigenvalue weighted by molar-refractivity contribution is 5.75. The number of allylic oxidation sites excluding steroid dienone is 1. The maximum absolute atomic E-state index is 11.8. The van der Waals surface area contributed by atoms with E-state index in [0.29, 0.717) is 18.7 Å². The van der Waals surface area contributed by atoms with Crippen LogP contribution < -0.4 is 10.1 Å². The predicted molar refractivity (Wildman–Crippen MR) is 98.5 cm³/mol. The monoisotopic (exact) mass is 333 g/mol. The molecule has 0 aliphatic heterocycles. The minimum atomic E-state index is 0.118. The first-order valence-electron chi connectivity index (χ1n) is 8.91. The van der Waals surface area contributed by atoms with E-state index in [-0.39, 0.29) is 11.7 Å². The molecule has 0 spiro atoms. The van der Waals surface area contributed by atoms with Crippen molar-refractivity contribution in [1.82, 2.24) is 5.32 Å². The van der Waals surface area contributed by atoms with Crippen molar-refractivity contribution < 1.29 is 14.6 Å². The molecular formula is C20H31NO3. The van der Waals surface area contributed by atoms with Gasteiger partial charge in [0.2, 0.25) is 5.91 Å². The lowest BCUT2D eigenvalue weighted by Crippen LogP contribution is -2.25. The fourth-order valence-corrected chi connectivity index (χ4v) is 2.59. The SMILES string of the molecule is C=CCCCCCCCCC(=O)NCCc1ccc(O)c(OC)c1. The number of carbonyl (C=O) groups is 1. The highest BCUT2D eigenvalue weighted by Crippen LogP contribution is 2.26. The number of rotatable bonds is 13. The molecule has 0 aromatic heterocycles. The third kappa shape index (κ3) is 8.61. The van der Waals surface area contributed by atoms with Crippen molar-refractivity contribution in [1.29, 1.82) is 0 Å². The highest BCUT2D eigenvalue weighted by Gasteiger charge is 2.04. The summed E-state index contributed by atoms with van der Waals surface area (Å²) in [6, 6.07) is 5.26. The minimum absolute atomic E-state index is 0.118. The average Bonchev–Trinajstić information content (AvgIpc) is 2.58. The molecule has 4 heteroatoms. The zero-order valence-electron chi connectivity index (χ0n) is 14.9. The van der Waals surface area contributed by atoms with Gasteiger partial charge in [0.15, 0.2) is 11.5 Å². The van der Waals surface area contributed by atoms with Crippen molar-refractivity contribution in [3.8, 4) is 11.5 Å². The summed E-state index contributed by atoms with van der Waals surface area (Å²) in [7, 11) is 1.53. The molecule has 0 aliphatic rings. The molecule has 0 saturated carbocycles. The number of phenolic OH excluding ortho intramolecular Hbond substituents is 1. The first kappa shape index (κ1) is 20.1. The van der Waals surface area contributed by atoms with Gasteiger partial charge in [-0.1, -0.05) is 37.8 Å². The van der Waals surface area contributed by atoms with Crippen molar-refractivity contribution in [2.75, 3.05) is 13.7 Å². The van der Waals surface area contributed by atoms with Crippen LogP contribution >= 0.6 is 0 Å². The van der Waals surface area contributed by atoms with Crippen LogP contribution in [0.2, 0.25) is 0 Å². The summed E-state index contributed by atoms with van der Waals surface area (Å²) in [6.45, 7) is 4.33. The van der Waals surface area contributed by atoms with E-state index < -0.39 is 0 Å². The average molecular weight is 333 g/mol. The summed E-state index contributed by atoms with van der Waals surface area (Å²) in [5.41, 5.74) is 1.03. The Balaban J connectivity index is 2.06. The predicted octanol–water partition coefficient (Wildman–Crippen LogP) is 4.37. The summed E-state index contributed by atoms with van der Waals surface area (Å²) in [5, 5.41) is 12.5. The molecule has 1 rings (SSSR count). The third-order valence-corrected chi connectivity index (χ3v) is 4.04. The Kier molecular flexibility index (Phi) is 10.4. The summed E-state index contributed by atoms with van der Waals surface area (Å²) < 4.78 is 5.08. The van der Waals surface area contributed by atoms with E-state index in [4.69, 9.17) is 4.74 Å². The Hall–Kier alpha value is -1.97. The van der Waals surface area contributed by atoms with Crippen molar-refractivity contribution in [3.05, 3.63) is 36.4 Å². The molecule has 0 bridgehead atoms. The van der Waals surface area contributed by atoms with Gasteiger partial charge in [0.25, 0.3) is 0 Å². The van der Waals surface area contributed by atoms with Gasteiger partial charge in [-0.2, -0.15) is 0 Å². The van der Waals surface area contributed by atoms with Crippen LogP contribution in [0, 0.1) is 0 Å². The van der Waals surface area contributed by atoms with Crippen molar-refractivity contribution in [2.45, 2.75) is 57.8 Å². The molecule has 24 heavy (non-hydrogen) atoms. The van der Waals surface area contributed by atoms with Gasteiger partial charge >= 0.3 is 0 Å². The number of hydrogen-bond acceptors (Lipinski definition) is 3. The van der Waals surface area contributed by atoms with Gasteiger partial charge < -0.3 is 15.2 Å². The lowest BCUT2D eigenvalue weighted by Gasteiger charge is -2.08. The van der Waals surface area contributed by atoms with Gasteiger partial charge in [-0.05, 0) is 43.4 Å². The Morgan fingerprint density at radius 3 is 2.62 bits per heavy atom. The normalized spacial score (nSPS) is 10.4. The number of unbranched alkanes of at least 4 members (excludes halogenated alkanes) is 6. The van der Waals surface area contributed by atoms with E-state index in [2.05, 4.69) is 11.9 Å². The van der Waals surface area contributed by atoms with Crippen LogP contribution in [-0.4, -0.2) is 24.7 Å². The molecule has 0 fully saturated rings. The number of methoxy groups -OCH3 is 1. The van der Waals surface area contributed by atoms with Crippen LogP contribution in [-0.2, 0) is 11.2 Å². The Morgan fingerprint density at radius 1 is 1.21 bits per heavy atom. The van der Waals surface area contributed by atoms with E-state index in [1.165, 1.54) is 32.8 Å². The van der Waals surface area contributed by atoms with Crippen molar-refractivity contribution in [3.63, 3.8) is 0 Å². The largest absolute Gasteiger partial charge is 0.504 e. The smallest absolute Gasteiger partial charge is 0.220 e. The minimum Gasteiger partial charge on any atom is -0.504 e. The quantitative estimate of drug-likeness (QED) is 0.416. The lowest BCUT2D eigenvalue weighted by atomic mass is 10.1. The fraction of sp³-hybridized carbons (Fsp3) is 0.550. The van der Waals surface area contributed by atoms with Crippen LogP contribution in [0.1, 0.15) is 56.9 Å². The zero-order valence-corrected chi connectivity index (χ0v) is 14.9. The first-order chi connectivity index (χ1) is 11.7. The van der Waals surface area contributed by atoms with E-state index in [9.17, 15) is 9.90 Å². The Labute approximate surface area is 145 Å². The molecule has 0 saturated heterocycles. The summed E-state index contributed by atoms with van der Waals surface area (Å²) in [5.74, 6) is 0.717. The first-order valence-corrected chi connectivity index (χ1v) is 8.91. The molecule has 1 amide bonds. The molecule has 134 valence electrons. The van der Waals surface area contributed by atoms with Crippen molar-refractivity contribution in [2.24, 2.45) is 0 Å². The molecule has 0 aliphatic carbocycles. The Morgan fingerprint density at radius 2 is 1.92 bits per heavy atom. The molecule has 0 atom stereocenters. The second-order valence-electron chi connectivity index (χ2n) is 6.05. The van der Waals surface area contributed by atoms with Crippen LogP contribution in [0.5, 0.6) is 11.5 Å². The maximum atomic E-state index is 11.8. The second-order valence-corrected chi connectivity index (χ2v) is 6.05. The molecule has 2 N–H and O–H groups in total. The maximum Gasteiger partial charge on any atom is 0.220 e. The molecule has 1 aromatic carbocycles. The van der Waals surface area contributed by atoms with Gasteiger partial charge in [0, 0.05) is 13.0 Å². The number of ether oxygens (including phenoxy) is 1. The number of phenols is 1. The van der Waals surface area contributed by atoms with Gasteiger partial charge in [-0.3, -0.25) is 4.79 Å². The van der Waals surface area contributed by atoms with Crippen LogP contribution in [0.25, 0.3) is 0 Å². The van der Waals surface area contributed by atoms with E-state index in [1.807, 2.05) is 12.1 Å². The Bertz CT molecular complexity index is 500. The molecule has 1 aromatic rings. The number of aromatic hydroxyl groups is 1. The van der Waals surface area contributed by atoms with Gasteiger partial charge in [0.05, 0.1) is 7.11 Å². The number of nitrogens with one attached hydrogen (secondary N) is 1. The molecule has 0 heterocycles. The summed E-state index contributed by atoms with van der Waals surface area (Å²) in [4.78, 5) is 11.8. The fourth-order valence-electron chi connectivity index (χ4n) is 2.59. The molecule has 0 unspecified atom stereocenters. The van der Waals surface area contributed by atoms with Gasteiger partial charge in [-0.25, -0.2) is 0 Å². The van der Waals surface area contributed by atoms with Crippen LogP contribution in [0.4, 0.5) is 0 Å².